The molecule has 1 aromatic carbocycles. The van der Waals surface area contributed by atoms with Gasteiger partial charge in [-0.15, -0.1) is 0 Å². The maximum Gasteiger partial charge on any atom is 0.224 e. The van der Waals surface area contributed by atoms with E-state index in [1.807, 2.05) is 31.6 Å². The van der Waals surface area contributed by atoms with Crippen molar-refractivity contribution in [2.45, 2.75) is 76.4 Å². The Bertz CT molecular complexity index is 919. The highest BCUT2D eigenvalue weighted by Crippen LogP contribution is 2.39. The van der Waals surface area contributed by atoms with E-state index >= 15 is 0 Å². The smallest absolute Gasteiger partial charge is 0.224 e. The van der Waals surface area contributed by atoms with Crippen LogP contribution < -0.4 is 5.32 Å². The van der Waals surface area contributed by atoms with Gasteiger partial charge in [-0.3, -0.25) is 14.4 Å². The van der Waals surface area contributed by atoms with Gasteiger partial charge in [0.2, 0.25) is 5.91 Å². The number of benzene rings is 1. The van der Waals surface area contributed by atoms with E-state index in [1.165, 1.54) is 18.4 Å². The normalized spacial score (nSPS) is 26.8. The average Bonchev–Trinajstić information content (AvgIpc) is 3.36. The first-order valence-corrected chi connectivity index (χ1v) is 12.1. The Balaban J connectivity index is 1.50. The quantitative estimate of drug-likeness (QED) is 0.680. The van der Waals surface area contributed by atoms with Crippen LogP contribution >= 0.6 is 0 Å². The minimum Gasteiger partial charge on any atom is -0.391 e. The van der Waals surface area contributed by atoms with Crippen molar-refractivity contribution < 1.29 is 9.90 Å². The van der Waals surface area contributed by atoms with Crippen molar-refractivity contribution in [2.24, 2.45) is 7.05 Å². The van der Waals surface area contributed by atoms with Crippen molar-refractivity contribution >= 4 is 5.91 Å². The number of nitrogens with one attached hydrogen (secondary N) is 1. The van der Waals surface area contributed by atoms with E-state index in [9.17, 15) is 9.90 Å². The number of aromatic nitrogens is 2. The third kappa shape index (κ3) is 4.76. The minimum absolute atomic E-state index is 0.0420. The molecule has 2 heterocycles. The number of carbonyl (C=O) groups excluding carboxylic acids is 1. The number of rotatable bonds is 6. The molecule has 2 N–H and O–H groups in total. The average molecular weight is 439 g/mol. The number of hydrogen-bond donors (Lipinski definition) is 2. The van der Waals surface area contributed by atoms with Gasteiger partial charge in [0, 0.05) is 36.3 Å². The van der Waals surface area contributed by atoms with Crippen LogP contribution in [0.5, 0.6) is 0 Å². The van der Waals surface area contributed by atoms with Gasteiger partial charge in [-0.2, -0.15) is 5.10 Å². The fourth-order valence-corrected chi connectivity index (χ4v) is 5.78. The molecule has 3 atom stereocenters. The lowest BCUT2D eigenvalue weighted by molar-refractivity contribution is -0.120. The van der Waals surface area contributed by atoms with Gasteiger partial charge in [0.05, 0.1) is 18.2 Å². The summed E-state index contributed by atoms with van der Waals surface area (Å²) in [5.74, 6) is 0.0420. The summed E-state index contributed by atoms with van der Waals surface area (Å²) < 4.78 is 1.84. The summed E-state index contributed by atoms with van der Waals surface area (Å²) in [5.41, 5.74) is 4.10. The summed E-state index contributed by atoms with van der Waals surface area (Å²) in [5, 5.41) is 18.7. The molecule has 1 aromatic heterocycles. The maximum absolute atomic E-state index is 13.0. The van der Waals surface area contributed by atoms with E-state index in [4.69, 9.17) is 0 Å². The molecule has 1 saturated heterocycles. The van der Waals surface area contributed by atoms with Crippen molar-refractivity contribution in [2.75, 3.05) is 19.6 Å². The van der Waals surface area contributed by atoms with Crippen molar-refractivity contribution in [1.82, 2.24) is 20.0 Å². The Morgan fingerprint density at radius 3 is 2.50 bits per heavy atom. The Labute approximate surface area is 192 Å². The molecular formula is C26H38N4O2. The molecule has 174 valence electrons. The number of nitrogens with zero attached hydrogens (tertiary/aromatic N) is 3. The number of carbonyl (C=O) groups is 1. The lowest BCUT2D eigenvalue weighted by Gasteiger charge is -2.34. The standard InChI is InChI=1S/C26H38N4O2/c1-19-22(20(2)29(3)28-19)17-25(32)27-18-26(21-9-5-4-6-10-21)13-11-23(24(31)12-14-26)30-15-7-8-16-30/h4-6,9-10,23-24,31H,7-8,11-18H2,1-3H3,(H,27,32)/t23-,24-,26-/m0/s1. The lowest BCUT2D eigenvalue weighted by atomic mass is 9.74. The Morgan fingerprint density at radius 1 is 1.16 bits per heavy atom. The molecule has 1 aliphatic heterocycles. The monoisotopic (exact) mass is 438 g/mol. The molecule has 0 radical (unpaired) electrons. The SMILES string of the molecule is Cc1nn(C)c(C)c1CC(=O)NC[C@@]1(c2ccccc2)CC[C@H](O)[C@@H](N2CCCC2)CC1. The molecule has 2 fully saturated rings. The van der Waals surface area contributed by atoms with Crippen LogP contribution in [0.25, 0.3) is 0 Å². The van der Waals surface area contributed by atoms with Crippen molar-refractivity contribution in [3.8, 4) is 0 Å². The first-order chi connectivity index (χ1) is 15.4. The first-order valence-electron chi connectivity index (χ1n) is 12.1. The van der Waals surface area contributed by atoms with Gasteiger partial charge < -0.3 is 10.4 Å². The van der Waals surface area contributed by atoms with E-state index in [1.54, 1.807) is 0 Å². The largest absolute Gasteiger partial charge is 0.391 e. The highest BCUT2D eigenvalue weighted by atomic mass is 16.3. The summed E-state index contributed by atoms with van der Waals surface area (Å²) in [4.78, 5) is 15.4. The Kier molecular flexibility index (Phi) is 7.01. The molecule has 32 heavy (non-hydrogen) atoms. The number of aliphatic hydroxyl groups excluding tert-OH is 1. The zero-order chi connectivity index (χ0) is 22.7. The molecule has 2 aromatic rings. The van der Waals surface area contributed by atoms with Crippen LogP contribution in [0.1, 0.15) is 61.0 Å². The highest BCUT2D eigenvalue weighted by Gasteiger charge is 2.40. The van der Waals surface area contributed by atoms with E-state index in [-0.39, 0.29) is 23.5 Å². The van der Waals surface area contributed by atoms with Crippen LogP contribution in [0.15, 0.2) is 30.3 Å². The van der Waals surface area contributed by atoms with Crippen molar-refractivity contribution in [3.63, 3.8) is 0 Å². The molecule has 0 spiro atoms. The van der Waals surface area contributed by atoms with Gasteiger partial charge in [-0.1, -0.05) is 30.3 Å². The molecule has 4 rings (SSSR count). The number of likely N-dealkylation sites (tertiary alicyclic amines) is 1. The summed E-state index contributed by atoms with van der Waals surface area (Å²) in [7, 11) is 1.92. The molecule has 0 unspecified atom stereocenters. The van der Waals surface area contributed by atoms with Crippen molar-refractivity contribution in [3.05, 3.63) is 52.8 Å². The summed E-state index contributed by atoms with van der Waals surface area (Å²) in [6, 6.07) is 10.8. The Hall–Kier alpha value is -2.18. The fourth-order valence-electron chi connectivity index (χ4n) is 5.78. The second-order valence-electron chi connectivity index (χ2n) is 9.83. The van der Waals surface area contributed by atoms with Crippen LogP contribution in [-0.4, -0.2) is 57.5 Å². The number of aliphatic hydroxyl groups is 1. The van der Waals surface area contributed by atoms with Crippen LogP contribution in [0.2, 0.25) is 0 Å². The van der Waals surface area contributed by atoms with Gasteiger partial charge in [-0.05, 0) is 71.0 Å². The van der Waals surface area contributed by atoms with Gasteiger partial charge in [0.1, 0.15) is 0 Å². The molecule has 1 aliphatic carbocycles. The summed E-state index contributed by atoms with van der Waals surface area (Å²) >= 11 is 0. The lowest BCUT2D eigenvalue weighted by Crippen LogP contribution is -2.42. The third-order valence-corrected chi connectivity index (χ3v) is 7.90. The van der Waals surface area contributed by atoms with Crippen molar-refractivity contribution in [1.29, 1.82) is 0 Å². The molecule has 2 aliphatic rings. The van der Waals surface area contributed by atoms with E-state index < -0.39 is 0 Å². The van der Waals surface area contributed by atoms with Crippen LogP contribution in [0.3, 0.4) is 0 Å². The maximum atomic E-state index is 13.0. The molecule has 1 amide bonds. The second kappa shape index (κ2) is 9.75. The van der Waals surface area contributed by atoms with Crippen LogP contribution in [0, 0.1) is 13.8 Å². The molecule has 6 nitrogen and oxygen atoms in total. The van der Waals surface area contributed by atoms with Gasteiger partial charge in [0.25, 0.3) is 0 Å². The summed E-state index contributed by atoms with van der Waals surface area (Å²) in [6.45, 7) is 6.78. The minimum atomic E-state index is -0.296. The third-order valence-electron chi connectivity index (χ3n) is 7.90. The zero-order valence-corrected chi connectivity index (χ0v) is 19.8. The molecule has 0 bridgehead atoms. The van der Waals surface area contributed by atoms with Gasteiger partial charge in [-0.25, -0.2) is 0 Å². The zero-order valence-electron chi connectivity index (χ0n) is 19.8. The second-order valence-corrected chi connectivity index (χ2v) is 9.83. The highest BCUT2D eigenvalue weighted by molar-refractivity contribution is 5.79. The Morgan fingerprint density at radius 2 is 1.84 bits per heavy atom. The topological polar surface area (TPSA) is 70.4 Å². The predicted molar refractivity (Wildman–Crippen MR) is 127 cm³/mol. The van der Waals surface area contributed by atoms with E-state index in [2.05, 4.69) is 39.6 Å². The first kappa shape index (κ1) is 23.0. The summed E-state index contributed by atoms with van der Waals surface area (Å²) in [6.07, 6.45) is 6.12. The number of aryl methyl sites for hydroxylation is 2. The van der Waals surface area contributed by atoms with Gasteiger partial charge in [0.15, 0.2) is 0 Å². The number of amides is 1. The fraction of sp³-hybridized carbons (Fsp3) is 0.615. The molecule has 1 saturated carbocycles. The molecule has 6 heteroatoms. The van der Waals surface area contributed by atoms with E-state index in [0.29, 0.717) is 13.0 Å². The van der Waals surface area contributed by atoms with Crippen LogP contribution in [-0.2, 0) is 23.7 Å². The van der Waals surface area contributed by atoms with Crippen LogP contribution in [0.4, 0.5) is 0 Å². The predicted octanol–water partition coefficient (Wildman–Crippen LogP) is 3.03. The number of hydrogen-bond acceptors (Lipinski definition) is 4. The van der Waals surface area contributed by atoms with Gasteiger partial charge >= 0.3 is 0 Å². The molecular weight excluding hydrogens is 400 g/mol. The van der Waals surface area contributed by atoms with E-state index in [0.717, 1.165) is 55.7 Å².